The predicted molar refractivity (Wildman–Crippen MR) is 199 cm³/mol. The van der Waals surface area contributed by atoms with Gasteiger partial charge in [-0.15, -0.1) is 0 Å². The first-order valence-electron chi connectivity index (χ1n) is 16.2. The van der Waals surface area contributed by atoms with Crippen LogP contribution in [0.3, 0.4) is 0 Å². The Morgan fingerprint density at radius 2 is 1.20 bits per heavy atom. The van der Waals surface area contributed by atoms with Crippen LogP contribution >= 0.6 is 17.0 Å². The summed E-state index contributed by atoms with van der Waals surface area (Å²) in [6, 6.07) is 50.7. The van der Waals surface area contributed by atoms with Crippen molar-refractivity contribution in [3.8, 4) is 44.5 Å². The number of rotatable bonds is 7. The zero-order valence-corrected chi connectivity index (χ0v) is 31.2. The molecule has 2 aliphatic rings. The molecular weight excluding hydrogens is 695 g/mol. The molecule has 1 aliphatic heterocycles. The molecule has 6 aromatic rings. The molecule has 0 spiro atoms. The predicted octanol–water partition coefficient (Wildman–Crippen LogP) is 9.81. The van der Waals surface area contributed by atoms with Gasteiger partial charge in [0.25, 0.3) is 0 Å². The average molecular weight is 729 g/mol. The second-order valence-electron chi connectivity index (χ2n) is 12.5. The molecule has 0 saturated carbocycles. The van der Waals surface area contributed by atoms with Crippen molar-refractivity contribution in [1.82, 2.24) is 0 Å². The molecule has 4 heteroatoms. The van der Waals surface area contributed by atoms with Gasteiger partial charge in [-0.25, -0.2) is 0 Å². The van der Waals surface area contributed by atoms with Gasteiger partial charge in [0, 0.05) is 0 Å². The molecule has 0 nitrogen and oxygen atoms in total. The zero-order chi connectivity index (χ0) is 31.3. The Kier molecular flexibility index (Phi) is 8.11. The molecule has 0 aromatic heterocycles. The number of hydrogen-bond donors (Lipinski definition) is 0. The second kappa shape index (κ2) is 12.4. The molecule has 46 heavy (non-hydrogen) atoms. The van der Waals surface area contributed by atoms with Gasteiger partial charge in [0.1, 0.15) is 0 Å². The van der Waals surface area contributed by atoms with E-state index >= 15 is 0 Å². The van der Waals surface area contributed by atoms with Crippen molar-refractivity contribution < 1.29 is 17.9 Å². The zero-order valence-electron chi connectivity index (χ0n) is 25.8. The van der Waals surface area contributed by atoms with E-state index in [9.17, 15) is 0 Å². The van der Waals surface area contributed by atoms with Crippen LogP contribution in [0.1, 0.15) is 34.5 Å². The summed E-state index contributed by atoms with van der Waals surface area (Å²) in [5.41, 5.74) is 14.1. The fourth-order valence-corrected chi connectivity index (χ4v) is 24.7. The molecule has 1 unspecified atom stereocenters. The summed E-state index contributed by atoms with van der Waals surface area (Å²) in [7, 11) is 15.3. The summed E-state index contributed by atoms with van der Waals surface area (Å²) in [5.74, 6) is 0. The van der Waals surface area contributed by atoms with Gasteiger partial charge >= 0.3 is 288 Å². The molecule has 8 rings (SSSR count). The molecule has 1 atom stereocenters. The number of benzene rings is 6. The standard InChI is InChI=1S/C30H25.C12H9Si.2ClH.Zr/c1-2-11-22-20-25-18-19-27(24-14-7-4-8-15-24)30(29(25)21-22)28-17-10-9-16-26(28)23-12-5-3-6-13-23;1-3-7-11-9(5-1)10-6-2-4-8-12(10)13-11;;;/h3-10,12-21H,2,11H2,1H3;1-7H,13H2;2*1H;/q;;;;+2/p-2. The minimum absolute atomic E-state index is 0.0595. The van der Waals surface area contributed by atoms with Crippen molar-refractivity contribution in [2.45, 2.75) is 23.4 Å². The summed E-state index contributed by atoms with van der Waals surface area (Å²) >= 11 is -4.09. The fraction of sp³-hybridized carbons (Fsp3) is 0.0952. The van der Waals surface area contributed by atoms with Crippen molar-refractivity contribution in [2.24, 2.45) is 0 Å². The Balaban J connectivity index is 1.36. The molecule has 0 amide bonds. The average Bonchev–Trinajstić information content (AvgIpc) is 3.67. The molecule has 0 N–H and O–H groups in total. The Labute approximate surface area is 286 Å². The van der Waals surface area contributed by atoms with Crippen molar-refractivity contribution >= 4 is 46.3 Å². The molecular formula is C42H34Cl2SiZr. The Bertz CT molecular complexity index is 2120. The monoisotopic (exact) mass is 726 g/mol. The third kappa shape index (κ3) is 5.06. The first-order chi connectivity index (χ1) is 22.6. The minimum atomic E-state index is -4.09. The van der Waals surface area contributed by atoms with Crippen molar-refractivity contribution in [3.63, 3.8) is 0 Å². The first-order valence-corrected chi connectivity index (χ1v) is 26.6. The Hall–Kier alpha value is -3.26. The number of hydrogen-bond acceptors (Lipinski definition) is 0. The first kappa shape index (κ1) is 30.1. The van der Waals surface area contributed by atoms with Crippen LogP contribution in [0.4, 0.5) is 0 Å². The van der Waals surface area contributed by atoms with Gasteiger partial charge in [0.2, 0.25) is 0 Å². The van der Waals surface area contributed by atoms with E-state index in [1.54, 1.807) is 0 Å². The number of allylic oxidation sites excluding steroid dienone is 1. The second-order valence-corrected chi connectivity index (χ2v) is 28.3. The molecule has 0 fully saturated rings. The molecule has 6 aromatic carbocycles. The summed E-state index contributed by atoms with van der Waals surface area (Å²) in [5, 5.41) is 2.98. The van der Waals surface area contributed by atoms with Gasteiger partial charge in [-0.1, -0.05) is 0 Å². The van der Waals surface area contributed by atoms with Crippen LogP contribution in [-0.2, 0) is 17.9 Å². The van der Waals surface area contributed by atoms with Gasteiger partial charge in [0.15, 0.2) is 0 Å². The number of halogens is 2. The van der Waals surface area contributed by atoms with Crippen molar-refractivity contribution in [3.05, 3.63) is 156 Å². The van der Waals surface area contributed by atoms with E-state index in [1.165, 1.54) is 74.9 Å². The summed E-state index contributed by atoms with van der Waals surface area (Å²) in [6.45, 7) is 2.27. The van der Waals surface area contributed by atoms with E-state index in [0.29, 0.717) is 0 Å². The Morgan fingerprint density at radius 3 is 1.91 bits per heavy atom. The van der Waals surface area contributed by atoms with Crippen molar-refractivity contribution in [1.29, 1.82) is 0 Å². The molecule has 0 radical (unpaired) electrons. The fourth-order valence-electron chi connectivity index (χ4n) is 7.79. The van der Waals surface area contributed by atoms with Gasteiger partial charge in [0.05, 0.1) is 0 Å². The molecule has 224 valence electrons. The van der Waals surface area contributed by atoms with Gasteiger partial charge in [-0.05, 0) is 0 Å². The third-order valence-electron chi connectivity index (χ3n) is 9.77. The summed E-state index contributed by atoms with van der Waals surface area (Å²) in [6.07, 6.45) is 4.52. The van der Waals surface area contributed by atoms with Crippen LogP contribution in [0.25, 0.3) is 50.6 Å². The van der Waals surface area contributed by atoms with Crippen LogP contribution in [-0.4, -0.2) is 9.52 Å². The van der Waals surface area contributed by atoms with E-state index in [2.05, 4.69) is 153 Å². The quantitative estimate of drug-likeness (QED) is 0.144. The van der Waals surface area contributed by atoms with E-state index in [-0.39, 0.29) is 3.63 Å². The van der Waals surface area contributed by atoms with Gasteiger partial charge in [-0.3, -0.25) is 0 Å². The van der Waals surface area contributed by atoms with E-state index in [1.807, 2.05) is 0 Å². The molecule has 1 heterocycles. The summed E-state index contributed by atoms with van der Waals surface area (Å²) < 4.78 is 1.35. The van der Waals surface area contributed by atoms with E-state index in [0.717, 1.165) is 12.8 Å². The normalized spacial score (nSPS) is 15.4. The maximum absolute atomic E-state index is 7.99. The van der Waals surface area contributed by atoms with Crippen LogP contribution in [0.2, 0.25) is 0 Å². The maximum atomic E-state index is 7.99. The van der Waals surface area contributed by atoms with E-state index in [4.69, 9.17) is 17.0 Å². The topological polar surface area (TPSA) is 0 Å². The van der Waals surface area contributed by atoms with Crippen molar-refractivity contribution in [2.75, 3.05) is 0 Å². The van der Waals surface area contributed by atoms with Crippen LogP contribution < -0.4 is 13.6 Å². The molecule has 0 saturated heterocycles. The van der Waals surface area contributed by atoms with Crippen LogP contribution in [0, 0.1) is 0 Å². The van der Waals surface area contributed by atoms with E-state index < -0.39 is 27.4 Å². The molecule has 0 bridgehead atoms. The van der Waals surface area contributed by atoms with Gasteiger partial charge in [-0.2, -0.15) is 0 Å². The van der Waals surface area contributed by atoms with Crippen LogP contribution in [0.5, 0.6) is 0 Å². The van der Waals surface area contributed by atoms with Crippen LogP contribution in [0.15, 0.2) is 145 Å². The number of fused-ring (bicyclic) bond motifs is 4. The third-order valence-corrected chi connectivity index (χ3v) is 24.1. The van der Waals surface area contributed by atoms with Gasteiger partial charge < -0.3 is 0 Å². The SMILES string of the molecule is CCCC1=Cc2c(ccc(-c3ccccc3)c2-c2ccccc2-c2ccccc2)[CH]1[Zr]([Cl])([Cl])[c]1cccc2c1[SiH2]c1ccccc1-2. The summed E-state index contributed by atoms with van der Waals surface area (Å²) in [4.78, 5) is 0. The Morgan fingerprint density at radius 1 is 0.587 bits per heavy atom. The molecule has 1 aliphatic carbocycles.